The number of anilines is 1. The number of hydrogen-bond acceptors (Lipinski definition) is 2. The third-order valence-corrected chi connectivity index (χ3v) is 3.14. The van der Waals surface area contributed by atoms with E-state index >= 15 is 0 Å². The molecule has 0 bridgehead atoms. The van der Waals surface area contributed by atoms with Gasteiger partial charge in [0.05, 0.1) is 0 Å². The van der Waals surface area contributed by atoms with Crippen LogP contribution in [0.1, 0.15) is 18.4 Å². The molecule has 3 heteroatoms. The highest BCUT2D eigenvalue weighted by atomic mass is 19.1. The molecule has 1 aliphatic heterocycles. The maximum Gasteiger partial charge on any atom is 0.125 e. The Balaban J connectivity index is 1.82. The van der Waals surface area contributed by atoms with Crippen LogP contribution in [0.15, 0.2) is 18.2 Å². The molecule has 0 aliphatic carbocycles. The summed E-state index contributed by atoms with van der Waals surface area (Å²) in [7, 11) is 0. The Morgan fingerprint density at radius 2 is 2.06 bits per heavy atom. The molecule has 1 aromatic rings. The summed E-state index contributed by atoms with van der Waals surface area (Å²) in [6.45, 7) is 6.37. The quantitative estimate of drug-likeness (QED) is 0.842. The van der Waals surface area contributed by atoms with Gasteiger partial charge in [0.25, 0.3) is 0 Å². The van der Waals surface area contributed by atoms with Gasteiger partial charge < -0.3 is 10.2 Å². The molecule has 1 N–H and O–H groups in total. The van der Waals surface area contributed by atoms with Crippen LogP contribution in [-0.4, -0.2) is 31.1 Å². The van der Waals surface area contributed by atoms with E-state index in [2.05, 4.69) is 10.2 Å². The summed E-state index contributed by atoms with van der Waals surface area (Å²) < 4.78 is 13.0. The molecule has 2 nitrogen and oxygen atoms in total. The SMILES string of the molecule is Cc1ccc(F)cc1NCCN1CCCC1. The monoisotopic (exact) mass is 222 g/mol. The lowest BCUT2D eigenvalue weighted by molar-refractivity contribution is 0.352. The van der Waals surface area contributed by atoms with Crippen molar-refractivity contribution in [1.82, 2.24) is 4.90 Å². The molecule has 0 unspecified atom stereocenters. The third kappa shape index (κ3) is 2.95. The van der Waals surface area contributed by atoms with E-state index in [4.69, 9.17) is 0 Å². The van der Waals surface area contributed by atoms with Crippen molar-refractivity contribution in [2.45, 2.75) is 19.8 Å². The lowest BCUT2D eigenvalue weighted by Gasteiger charge is -2.16. The highest BCUT2D eigenvalue weighted by molar-refractivity contribution is 5.50. The Kier molecular flexibility index (Phi) is 3.78. The lowest BCUT2D eigenvalue weighted by atomic mass is 10.2. The van der Waals surface area contributed by atoms with E-state index in [1.54, 1.807) is 6.07 Å². The Morgan fingerprint density at radius 3 is 2.81 bits per heavy atom. The minimum Gasteiger partial charge on any atom is -0.383 e. The van der Waals surface area contributed by atoms with Gasteiger partial charge in [-0.1, -0.05) is 6.07 Å². The molecule has 0 spiro atoms. The summed E-state index contributed by atoms with van der Waals surface area (Å²) in [5, 5.41) is 3.30. The number of likely N-dealkylation sites (tertiary alicyclic amines) is 1. The molecule has 1 heterocycles. The van der Waals surface area contributed by atoms with Crippen LogP contribution in [0.2, 0.25) is 0 Å². The van der Waals surface area contributed by atoms with Crippen molar-refractivity contribution >= 4 is 5.69 Å². The topological polar surface area (TPSA) is 15.3 Å². The van der Waals surface area contributed by atoms with Crippen molar-refractivity contribution in [3.8, 4) is 0 Å². The maximum atomic E-state index is 13.0. The van der Waals surface area contributed by atoms with Crippen LogP contribution < -0.4 is 5.32 Å². The smallest absolute Gasteiger partial charge is 0.125 e. The summed E-state index contributed by atoms with van der Waals surface area (Å²) in [5.74, 6) is -0.172. The number of aryl methyl sites for hydroxylation is 1. The molecular formula is C13H19FN2. The largest absolute Gasteiger partial charge is 0.383 e. The van der Waals surface area contributed by atoms with Gasteiger partial charge in [-0.25, -0.2) is 4.39 Å². The van der Waals surface area contributed by atoms with Crippen molar-refractivity contribution in [1.29, 1.82) is 0 Å². The highest BCUT2D eigenvalue weighted by Gasteiger charge is 2.10. The fraction of sp³-hybridized carbons (Fsp3) is 0.538. The van der Waals surface area contributed by atoms with Crippen molar-refractivity contribution < 1.29 is 4.39 Å². The van der Waals surface area contributed by atoms with Crippen LogP contribution >= 0.6 is 0 Å². The predicted molar refractivity (Wildman–Crippen MR) is 65.3 cm³/mol. The summed E-state index contributed by atoms with van der Waals surface area (Å²) in [5.41, 5.74) is 2.02. The van der Waals surface area contributed by atoms with Crippen LogP contribution in [0, 0.1) is 12.7 Å². The molecule has 1 aromatic carbocycles. The van der Waals surface area contributed by atoms with Crippen molar-refractivity contribution in [2.24, 2.45) is 0 Å². The number of rotatable bonds is 4. The molecule has 0 radical (unpaired) electrons. The minimum atomic E-state index is -0.172. The first-order chi connectivity index (χ1) is 7.75. The summed E-state index contributed by atoms with van der Waals surface area (Å²) >= 11 is 0. The molecule has 1 fully saturated rings. The molecule has 88 valence electrons. The van der Waals surface area contributed by atoms with Gasteiger partial charge in [0, 0.05) is 18.8 Å². The van der Waals surface area contributed by atoms with E-state index in [0.29, 0.717) is 0 Å². The first-order valence-corrected chi connectivity index (χ1v) is 5.98. The molecule has 0 saturated carbocycles. The summed E-state index contributed by atoms with van der Waals surface area (Å²) in [6, 6.07) is 4.88. The van der Waals surface area contributed by atoms with Gasteiger partial charge in [-0.15, -0.1) is 0 Å². The first-order valence-electron chi connectivity index (χ1n) is 5.98. The van der Waals surface area contributed by atoms with Crippen LogP contribution in [0.5, 0.6) is 0 Å². The van der Waals surface area contributed by atoms with Gasteiger partial charge in [-0.3, -0.25) is 0 Å². The number of nitrogens with zero attached hydrogens (tertiary/aromatic N) is 1. The molecule has 0 atom stereocenters. The Morgan fingerprint density at radius 1 is 1.31 bits per heavy atom. The molecule has 16 heavy (non-hydrogen) atoms. The number of nitrogens with one attached hydrogen (secondary N) is 1. The summed E-state index contributed by atoms with van der Waals surface area (Å²) in [4.78, 5) is 2.45. The summed E-state index contributed by atoms with van der Waals surface area (Å²) in [6.07, 6.45) is 2.64. The Bertz CT molecular complexity index is 346. The van der Waals surface area contributed by atoms with Crippen LogP contribution in [0.3, 0.4) is 0 Å². The van der Waals surface area contributed by atoms with Gasteiger partial charge in [0.15, 0.2) is 0 Å². The predicted octanol–water partition coefficient (Wildman–Crippen LogP) is 2.64. The van der Waals surface area contributed by atoms with E-state index in [0.717, 1.165) is 24.3 Å². The van der Waals surface area contributed by atoms with Crippen molar-refractivity contribution in [3.05, 3.63) is 29.6 Å². The van der Waals surface area contributed by atoms with Crippen molar-refractivity contribution in [3.63, 3.8) is 0 Å². The number of benzene rings is 1. The molecular weight excluding hydrogens is 203 g/mol. The van der Waals surface area contributed by atoms with E-state index < -0.39 is 0 Å². The van der Waals surface area contributed by atoms with E-state index in [1.165, 1.54) is 32.0 Å². The van der Waals surface area contributed by atoms with Gasteiger partial charge in [-0.2, -0.15) is 0 Å². The molecule has 1 aliphatic rings. The molecule has 0 amide bonds. The van der Waals surface area contributed by atoms with Gasteiger partial charge in [0.1, 0.15) is 5.82 Å². The Hall–Kier alpha value is -1.09. The molecule has 0 aromatic heterocycles. The zero-order valence-corrected chi connectivity index (χ0v) is 9.80. The minimum absolute atomic E-state index is 0.172. The van der Waals surface area contributed by atoms with E-state index in [9.17, 15) is 4.39 Å². The maximum absolute atomic E-state index is 13.0. The Labute approximate surface area is 96.5 Å². The van der Waals surface area contributed by atoms with Crippen molar-refractivity contribution in [2.75, 3.05) is 31.5 Å². The number of hydrogen-bond donors (Lipinski definition) is 1. The van der Waals surface area contributed by atoms with Crippen LogP contribution in [-0.2, 0) is 0 Å². The normalized spacial score (nSPS) is 16.6. The van der Waals surface area contributed by atoms with Crippen LogP contribution in [0.25, 0.3) is 0 Å². The third-order valence-electron chi connectivity index (χ3n) is 3.14. The van der Waals surface area contributed by atoms with Gasteiger partial charge in [-0.05, 0) is 50.6 Å². The van der Waals surface area contributed by atoms with Gasteiger partial charge >= 0.3 is 0 Å². The standard InChI is InChI=1S/C13H19FN2/c1-11-4-5-12(14)10-13(11)15-6-9-16-7-2-3-8-16/h4-5,10,15H,2-3,6-9H2,1H3. The highest BCUT2D eigenvalue weighted by Crippen LogP contribution is 2.15. The van der Waals surface area contributed by atoms with Gasteiger partial charge in [0.2, 0.25) is 0 Å². The molecule has 1 saturated heterocycles. The van der Waals surface area contributed by atoms with E-state index in [1.807, 2.05) is 13.0 Å². The average Bonchev–Trinajstić information content (AvgIpc) is 2.76. The number of halogens is 1. The second kappa shape index (κ2) is 5.30. The second-order valence-electron chi connectivity index (χ2n) is 4.43. The lowest BCUT2D eigenvalue weighted by Crippen LogP contribution is -2.26. The second-order valence-corrected chi connectivity index (χ2v) is 4.43. The zero-order chi connectivity index (χ0) is 11.4. The average molecular weight is 222 g/mol. The van der Waals surface area contributed by atoms with E-state index in [-0.39, 0.29) is 5.82 Å². The first kappa shape index (κ1) is 11.4. The zero-order valence-electron chi connectivity index (χ0n) is 9.80. The fourth-order valence-electron chi connectivity index (χ4n) is 2.14. The molecule has 2 rings (SSSR count). The van der Waals surface area contributed by atoms with Crippen LogP contribution in [0.4, 0.5) is 10.1 Å². The fourth-order valence-corrected chi connectivity index (χ4v) is 2.14.